The number of fused-ring (bicyclic) bond motifs is 2. The van der Waals surface area contributed by atoms with E-state index in [1.54, 1.807) is 36.7 Å². The third kappa shape index (κ3) is 9.08. The van der Waals surface area contributed by atoms with Crippen molar-refractivity contribution in [2.45, 2.75) is 7.43 Å². The maximum atomic E-state index is 11.1. The quantitative estimate of drug-likeness (QED) is 0.306. The van der Waals surface area contributed by atoms with Gasteiger partial charge in [0.1, 0.15) is 11.3 Å². The average Bonchev–Trinajstić information content (AvgIpc) is 2.65. The molecule has 144 valence electrons. The third-order valence-electron chi connectivity index (χ3n) is 3.27. The number of aromatic hydroxyl groups is 1. The smallest absolute Gasteiger partial charge is 0.870 e. The molecule has 2 heterocycles. The van der Waals surface area contributed by atoms with Crippen LogP contribution < -0.4 is 47.8 Å². The van der Waals surface area contributed by atoms with Crippen LogP contribution in [-0.4, -0.2) is 21.0 Å². The van der Waals surface area contributed by atoms with Crippen molar-refractivity contribution in [1.29, 1.82) is 0 Å². The van der Waals surface area contributed by atoms with Gasteiger partial charge in [-0.1, -0.05) is 37.8 Å². The zero-order valence-corrected chi connectivity index (χ0v) is 15.5. The second-order valence-electron chi connectivity index (χ2n) is 4.74. The Morgan fingerprint density at radius 3 is 2.03 bits per heavy atom. The second-order valence-corrected chi connectivity index (χ2v) is 4.74. The summed E-state index contributed by atoms with van der Waals surface area (Å²) in [5.41, 5.74) is 1.34. The molecule has 0 atom stereocenters. The van der Waals surface area contributed by atoms with E-state index >= 15 is 0 Å². The molecule has 0 spiro atoms. The predicted molar refractivity (Wildman–Crippen MR) is 102 cm³/mol. The van der Waals surface area contributed by atoms with Crippen LogP contribution in [0.2, 0.25) is 0 Å². The van der Waals surface area contributed by atoms with Gasteiger partial charge >= 0.3 is 37.7 Å². The van der Waals surface area contributed by atoms with Crippen molar-refractivity contribution in [2.24, 2.45) is 0 Å². The summed E-state index contributed by atoms with van der Waals surface area (Å²) in [5.74, 6) is 0.284. The zero-order valence-electron chi connectivity index (χ0n) is 15.5. The summed E-state index contributed by atoms with van der Waals surface area (Å²) in [6.07, 6.45) is 3.42. The molecule has 0 fully saturated rings. The maximum Gasteiger partial charge on any atom is 1.00 e. The van der Waals surface area contributed by atoms with Gasteiger partial charge in [-0.3, -0.25) is 4.98 Å². The molecule has 29 heavy (non-hydrogen) atoms. The van der Waals surface area contributed by atoms with Crippen LogP contribution in [0.5, 0.6) is 11.5 Å². The molecule has 2 aromatic heterocycles. The maximum absolute atomic E-state index is 11.1. The summed E-state index contributed by atoms with van der Waals surface area (Å²) in [4.78, 5) is 20.9. The van der Waals surface area contributed by atoms with Crippen molar-refractivity contribution in [3.63, 3.8) is 0 Å². The molecule has 5 N–H and O–H groups in total. The van der Waals surface area contributed by atoms with E-state index in [1.807, 2.05) is 36.4 Å². The van der Waals surface area contributed by atoms with Crippen molar-refractivity contribution in [2.75, 3.05) is 0 Å². The molecule has 0 aliphatic carbocycles. The van der Waals surface area contributed by atoms with E-state index in [-0.39, 0.29) is 67.6 Å². The molecule has 0 amide bonds. The first kappa shape index (κ1) is 34.1. The summed E-state index contributed by atoms with van der Waals surface area (Å²) in [6, 6.07) is 18.1. The van der Waals surface area contributed by atoms with Gasteiger partial charge < -0.3 is 21.2 Å². The first-order valence-corrected chi connectivity index (χ1v) is 7.01. The predicted octanol–water partition coefficient (Wildman–Crippen LogP) is -3.62. The van der Waals surface area contributed by atoms with Crippen molar-refractivity contribution < 1.29 is 63.9 Å². The number of pyridine rings is 2. The summed E-state index contributed by atoms with van der Waals surface area (Å²) in [5, 5.41) is 22.4. The number of phenols is 1. The summed E-state index contributed by atoms with van der Waals surface area (Å²) in [7, 11) is 0. The van der Waals surface area contributed by atoms with Crippen molar-refractivity contribution in [1.82, 2.24) is 4.98 Å². The Morgan fingerprint density at radius 2 is 1.41 bits per heavy atom. The molecule has 0 radical (unpaired) electrons. The van der Waals surface area contributed by atoms with Gasteiger partial charge in [0, 0.05) is 33.0 Å². The molecule has 0 saturated heterocycles. The molecule has 0 aliphatic rings. The molecule has 4 rings (SSSR count). The number of benzene rings is 2. The Labute approximate surface area is 192 Å². The molecule has 0 aliphatic heterocycles. The van der Waals surface area contributed by atoms with Crippen molar-refractivity contribution >= 4 is 21.8 Å². The fraction of sp³-hybridized carbons (Fsp3) is 0.0526. The first-order valence-electron chi connectivity index (χ1n) is 7.01. The second kappa shape index (κ2) is 17.7. The summed E-state index contributed by atoms with van der Waals surface area (Å²) < 4.78 is 0. The number of H-pyrrole nitrogens is 1. The van der Waals surface area contributed by atoms with E-state index in [0.717, 1.165) is 10.8 Å². The molecule has 0 unspecified atom stereocenters. The monoisotopic (exact) mass is 387 g/mol. The van der Waals surface area contributed by atoms with E-state index in [9.17, 15) is 10.2 Å². The molecular formula is C19H21Li2N2O6+. The van der Waals surface area contributed by atoms with Gasteiger partial charge in [-0.15, -0.1) is 0 Å². The van der Waals surface area contributed by atoms with E-state index in [4.69, 9.17) is 9.93 Å². The Balaban J connectivity index is -0.000000171. The van der Waals surface area contributed by atoms with Crippen LogP contribution in [0.3, 0.4) is 0 Å². The van der Waals surface area contributed by atoms with Gasteiger partial charge in [0.25, 0.3) is 0 Å². The van der Waals surface area contributed by atoms with Crippen molar-refractivity contribution in [3.8, 4) is 11.5 Å². The number of nitrogens with one attached hydrogen (secondary N) is 1. The molecule has 4 aromatic rings. The van der Waals surface area contributed by atoms with Gasteiger partial charge in [0.15, 0.2) is 6.20 Å². The molecule has 8 nitrogen and oxygen atoms in total. The van der Waals surface area contributed by atoms with Gasteiger partial charge in [0.2, 0.25) is 5.52 Å². The summed E-state index contributed by atoms with van der Waals surface area (Å²) in [6.45, 7) is 0. The van der Waals surface area contributed by atoms with Crippen LogP contribution in [0.15, 0.2) is 73.1 Å². The van der Waals surface area contributed by atoms with Gasteiger partial charge in [0.05, 0.1) is 0 Å². The van der Waals surface area contributed by atoms with E-state index in [1.165, 1.54) is 0 Å². The first-order chi connectivity index (χ1) is 11.8. The minimum Gasteiger partial charge on any atom is -0.870 e. The molecular weight excluding hydrogens is 366 g/mol. The third-order valence-corrected chi connectivity index (χ3v) is 3.27. The zero-order chi connectivity index (χ0) is 17.4. The molecule has 2 aromatic carbocycles. The van der Waals surface area contributed by atoms with Crippen LogP contribution in [0.4, 0.5) is 0 Å². The topological polar surface area (TPSA) is 166 Å². The van der Waals surface area contributed by atoms with Crippen LogP contribution in [0.1, 0.15) is 7.43 Å². The Kier molecular flexibility index (Phi) is 20.8. The van der Waals surface area contributed by atoms with Crippen molar-refractivity contribution in [3.05, 3.63) is 83.0 Å². The number of rotatable bonds is 0. The normalized spacial score (nSPS) is 7.86. The van der Waals surface area contributed by atoms with Gasteiger partial charge in [-0.05, 0) is 30.0 Å². The molecule has 10 heteroatoms. The number of hydrogen-bond donors (Lipinski definition) is 1. The average molecular weight is 387 g/mol. The minimum atomic E-state index is 0. The van der Waals surface area contributed by atoms with E-state index in [0.29, 0.717) is 11.0 Å². The van der Waals surface area contributed by atoms with E-state index in [2.05, 4.69) is 9.97 Å². The minimum absolute atomic E-state index is 0. The SMILES string of the molecule is C.O.O=O.Oc1cccc2cccnc12.[Li+].[Li+].[O-]c1cccc2ccc[nH+]c12.[OH-]. The fourth-order valence-corrected chi connectivity index (χ4v) is 2.21. The number of aromatic amines is 1. The van der Waals surface area contributed by atoms with Crippen LogP contribution >= 0.6 is 0 Å². The fourth-order valence-electron chi connectivity index (χ4n) is 2.21. The van der Waals surface area contributed by atoms with Crippen LogP contribution in [0.25, 0.3) is 21.8 Å². The Morgan fingerprint density at radius 1 is 0.862 bits per heavy atom. The number of para-hydroxylation sites is 2. The van der Waals surface area contributed by atoms with E-state index < -0.39 is 0 Å². The molecule has 0 bridgehead atoms. The van der Waals surface area contributed by atoms with Gasteiger partial charge in [-0.25, -0.2) is 4.98 Å². The number of phenolic OH excluding ortho intramolecular Hbond substituents is 1. The summed E-state index contributed by atoms with van der Waals surface area (Å²) >= 11 is 0. The Hall–Kier alpha value is -2.43. The number of aromatic nitrogens is 2. The Bertz CT molecular complexity index is 872. The van der Waals surface area contributed by atoms with Crippen LogP contribution in [0, 0.1) is 9.93 Å². The number of nitrogens with zero attached hydrogens (tertiary/aromatic N) is 1. The van der Waals surface area contributed by atoms with Gasteiger partial charge in [-0.2, -0.15) is 0 Å². The number of hydrogen-bond acceptors (Lipinski definition) is 6. The molecule has 0 saturated carbocycles. The standard InChI is InChI=1S/2C9H7NO.CH4.2Li.O2.2H2O/c2*11-8-5-1-3-7-4-2-6-10-9(7)8;;;;1-2;;/h2*1-6,11H;1H4;;;;2*1H2/q;;;2*+1;;;/p-1. The van der Waals surface area contributed by atoms with Crippen LogP contribution in [-0.2, 0) is 0 Å². The largest absolute Gasteiger partial charge is 1.00 e.